The Bertz CT molecular complexity index is 413. The zero-order valence-corrected chi connectivity index (χ0v) is 14.2. The molecular weight excluding hydrogens is 290 g/mol. The third kappa shape index (κ3) is 6.10. The molecule has 4 nitrogen and oxygen atoms in total. The Morgan fingerprint density at radius 1 is 1.24 bits per heavy atom. The zero-order valence-electron chi connectivity index (χ0n) is 13.4. The minimum atomic E-state index is 0.483. The van der Waals surface area contributed by atoms with E-state index < -0.39 is 0 Å². The molecule has 0 unspecified atom stereocenters. The Labute approximate surface area is 132 Å². The van der Waals surface area contributed by atoms with Crippen molar-refractivity contribution in [2.24, 2.45) is 11.8 Å². The average Bonchev–Trinajstić information content (AvgIpc) is 2.49. The highest BCUT2D eigenvalue weighted by Gasteiger charge is 2.18. The van der Waals surface area contributed by atoms with Crippen molar-refractivity contribution < 1.29 is 25.8 Å². The van der Waals surface area contributed by atoms with E-state index in [-0.39, 0.29) is 0 Å². The van der Waals surface area contributed by atoms with Gasteiger partial charge in [-0.25, -0.2) is 4.98 Å². The molecule has 0 radical (unpaired) electrons. The lowest BCUT2D eigenvalue weighted by Gasteiger charge is -2.16. The molecule has 1 heterocycles. The van der Waals surface area contributed by atoms with Gasteiger partial charge in [0, 0.05) is 32.3 Å². The Morgan fingerprint density at radius 2 is 2.00 bits per heavy atom. The molecule has 21 heavy (non-hydrogen) atoms. The smallest absolute Gasteiger partial charge is 0.256 e. The maximum Gasteiger partial charge on any atom is 0.256 e. The number of hydrogen-bond acceptors (Lipinski definition) is 4. The van der Waals surface area contributed by atoms with E-state index in [0.29, 0.717) is 36.7 Å². The molecule has 5 heteroatoms. The Kier molecular flexibility index (Phi) is 8.47. The van der Waals surface area contributed by atoms with Crippen molar-refractivity contribution in [1.29, 1.82) is 0 Å². The van der Waals surface area contributed by atoms with Crippen molar-refractivity contribution in [3.63, 3.8) is 0 Å². The summed E-state index contributed by atoms with van der Waals surface area (Å²) in [6.07, 6.45) is 3.61. The van der Waals surface area contributed by atoms with Crippen LogP contribution in [0.4, 0.5) is 0 Å². The second-order valence-electron chi connectivity index (χ2n) is 5.42. The second kappa shape index (κ2) is 9.85. The SMILES string of the molecule is COCCCOc1cc(C[C@@H](C[ClH+])C(C)C)cnc1OC. The monoisotopic (exact) mass is 316 g/mol. The maximum atomic E-state index is 5.75. The van der Waals surface area contributed by atoms with Crippen LogP contribution in [0.25, 0.3) is 0 Å². The number of aromatic nitrogens is 1. The molecule has 0 aliphatic carbocycles. The van der Waals surface area contributed by atoms with Crippen molar-refractivity contribution in [3.8, 4) is 11.6 Å². The highest BCUT2D eigenvalue weighted by Crippen LogP contribution is 2.27. The maximum absolute atomic E-state index is 5.75. The first kappa shape index (κ1) is 18.1. The summed E-state index contributed by atoms with van der Waals surface area (Å²) in [4.78, 5) is 4.33. The van der Waals surface area contributed by atoms with Crippen LogP contribution in [0.2, 0.25) is 0 Å². The fourth-order valence-corrected chi connectivity index (χ4v) is 2.52. The molecule has 1 rings (SSSR count). The van der Waals surface area contributed by atoms with Gasteiger partial charge in [0.15, 0.2) is 11.6 Å². The molecule has 0 N–H and O–H groups in total. The lowest BCUT2D eigenvalue weighted by atomic mass is 9.91. The molecule has 0 amide bonds. The molecular formula is C16H27ClNO3+. The summed E-state index contributed by atoms with van der Waals surface area (Å²) in [5.74, 6) is 3.02. The van der Waals surface area contributed by atoms with Gasteiger partial charge in [-0.2, -0.15) is 0 Å². The number of nitrogens with zero attached hydrogens (tertiary/aromatic N) is 1. The van der Waals surface area contributed by atoms with Gasteiger partial charge in [-0.3, -0.25) is 0 Å². The molecule has 0 aromatic carbocycles. The minimum Gasteiger partial charge on any atom is -0.488 e. The Balaban J connectivity index is 2.74. The lowest BCUT2D eigenvalue weighted by molar-refractivity contribution is -0.381. The number of hydrogen-bond donors (Lipinski definition) is 0. The molecule has 0 aliphatic rings. The normalized spacial score (nSPS) is 12.5. The predicted octanol–water partition coefficient (Wildman–Crippen LogP) is 2.60. The topological polar surface area (TPSA) is 40.6 Å². The van der Waals surface area contributed by atoms with Gasteiger partial charge in [0.05, 0.1) is 13.7 Å². The fraction of sp³-hybridized carbons (Fsp3) is 0.688. The number of rotatable bonds is 10. The van der Waals surface area contributed by atoms with E-state index in [9.17, 15) is 0 Å². The molecule has 1 aromatic rings. The number of pyridine rings is 1. The Hall–Kier alpha value is -1.00. The highest BCUT2D eigenvalue weighted by molar-refractivity contribution is 5.36. The van der Waals surface area contributed by atoms with Crippen LogP contribution in [0.1, 0.15) is 25.8 Å². The molecule has 0 fully saturated rings. The van der Waals surface area contributed by atoms with Gasteiger partial charge >= 0.3 is 0 Å². The van der Waals surface area contributed by atoms with Crippen LogP contribution in [0, 0.1) is 23.4 Å². The zero-order chi connectivity index (χ0) is 15.7. The van der Waals surface area contributed by atoms with Gasteiger partial charge in [0.2, 0.25) is 0 Å². The summed E-state index contributed by atoms with van der Waals surface area (Å²) in [6.45, 7) is 5.68. The largest absolute Gasteiger partial charge is 0.488 e. The van der Waals surface area contributed by atoms with Gasteiger partial charge in [-0.1, -0.05) is 13.8 Å². The van der Waals surface area contributed by atoms with Crippen molar-refractivity contribution >= 4 is 0 Å². The number of alkyl halides is 1. The van der Waals surface area contributed by atoms with Gasteiger partial charge in [-0.15, -0.1) is 0 Å². The molecule has 1 atom stereocenters. The van der Waals surface area contributed by atoms with Crippen LogP contribution in [-0.2, 0) is 11.2 Å². The number of ether oxygens (including phenoxy) is 3. The fourth-order valence-electron chi connectivity index (χ4n) is 2.02. The van der Waals surface area contributed by atoms with E-state index >= 15 is 0 Å². The molecule has 0 saturated heterocycles. The van der Waals surface area contributed by atoms with Crippen LogP contribution in [-0.4, -0.2) is 38.3 Å². The van der Waals surface area contributed by atoms with Crippen LogP contribution in [0.3, 0.4) is 0 Å². The summed E-state index contributed by atoms with van der Waals surface area (Å²) < 4.78 is 16.0. The molecule has 0 saturated carbocycles. The van der Waals surface area contributed by atoms with E-state index in [1.807, 2.05) is 12.3 Å². The third-order valence-electron chi connectivity index (χ3n) is 3.47. The first-order valence-corrected chi connectivity index (χ1v) is 7.92. The predicted molar refractivity (Wildman–Crippen MR) is 81.1 cm³/mol. The van der Waals surface area contributed by atoms with Crippen LogP contribution in [0.5, 0.6) is 11.6 Å². The Morgan fingerprint density at radius 3 is 2.57 bits per heavy atom. The average molecular weight is 317 g/mol. The first-order chi connectivity index (χ1) is 10.1. The lowest BCUT2D eigenvalue weighted by Crippen LogP contribution is -2.15. The summed E-state index contributed by atoms with van der Waals surface area (Å²) in [6, 6.07) is 2.01. The van der Waals surface area contributed by atoms with E-state index in [4.69, 9.17) is 25.8 Å². The quantitative estimate of drug-likeness (QED) is 0.491. The standard InChI is InChI=1S/C16H27ClNO3/c1-12(2)14(10-17)8-13-9-15(16(20-4)18-11-13)21-7-5-6-19-3/h9,11-12,14,17H,5-8,10H2,1-4H3/q+1/t14-/m0/s1. The second-order valence-corrected chi connectivity index (χ2v) is 5.75. The molecule has 1 aromatic heterocycles. The summed E-state index contributed by atoms with van der Waals surface area (Å²) in [5.41, 5.74) is 1.14. The van der Waals surface area contributed by atoms with Crippen molar-refractivity contribution in [2.45, 2.75) is 26.7 Å². The summed E-state index contributed by atoms with van der Waals surface area (Å²) >= 11 is 5.24. The van der Waals surface area contributed by atoms with E-state index in [1.165, 1.54) is 0 Å². The summed E-state index contributed by atoms with van der Waals surface area (Å²) in [5, 5.41) is 0. The van der Waals surface area contributed by atoms with Crippen molar-refractivity contribution in [2.75, 3.05) is 33.3 Å². The number of halogens is 1. The third-order valence-corrected chi connectivity index (χ3v) is 3.90. The molecule has 120 valence electrons. The van der Waals surface area contributed by atoms with Crippen LogP contribution < -0.4 is 9.47 Å². The van der Waals surface area contributed by atoms with Crippen molar-refractivity contribution in [1.82, 2.24) is 4.98 Å². The molecule has 0 aliphatic heterocycles. The van der Waals surface area contributed by atoms with E-state index in [0.717, 1.165) is 24.3 Å². The van der Waals surface area contributed by atoms with Crippen LogP contribution >= 0.6 is 0 Å². The van der Waals surface area contributed by atoms with E-state index in [1.54, 1.807) is 14.2 Å². The number of methoxy groups -OCH3 is 2. The van der Waals surface area contributed by atoms with Crippen molar-refractivity contribution in [3.05, 3.63) is 17.8 Å². The highest BCUT2D eigenvalue weighted by atomic mass is 35.5. The van der Waals surface area contributed by atoms with Gasteiger partial charge in [0.1, 0.15) is 11.6 Å². The van der Waals surface area contributed by atoms with Gasteiger partial charge < -0.3 is 14.2 Å². The van der Waals surface area contributed by atoms with E-state index in [2.05, 4.69) is 18.8 Å². The van der Waals surface area contributed by atoms with Gasteiger partial charge in [0.25, 0.3) is 5.88 Å². The molecule has 0 spiro atoms. The minimum absolute atomic E-state index is 0.483. The first-order valence-electron chi connectivity index (χ1n) is 7.35. The van der Waals surface area contributed by atoms with Gasteiger partial charge in [-0.05, 0) is 24.0 Å². The summed E-state index contributed by atoms with van der Waals surface area (Å²) in [7, 11) is 3.29. The van der Waals surface area contributed by atoms with Crippen LogP contribution in [0.15, 0.2) is 12.3 Å². The molecule has 0 bridgehead atoms.